The largest absolute Gasteiger partial charge is 0.384 e. The van der Waals surface area contributed by atoms with Crippen molar-refractivity contribution in [2.45, 2.75) is 12.5 Å². The molecule has 2 heterocycles. The minimum atomic E-state index is 0.524. The lowest BCUT2D eigenvalue weighted by Crippen LogP contribution is -2.47. The van der Waals surface area contributed by atoms with Gasteiger partial charge in [0, 0.05) is 18.2 Å². The lowest BCUT2D eigenvalue weighted by Gasteiger charge is -2.36. The summed E-state index contributed by atoms with van der Waals surface area (Å²) in [4.78, 5) is 0. The summed E-state index contributed by atoms with van der Waals surface area (Å²) in [6, 6.07) is 0.524. The number of hydrogen-bond acceptors (Lipinski definition) is 3. The Kier molecular flexibility index (Phi) is 1.84. The van der Waals surface area contributed by atoms with E-state index in [0.29, 0.717) is 12.0 Å². The number of allylic oxidation sites excluding steroid dienone is 2. The number of dihydropyridines is 1. The van der Waals surface area contributed by atoms with E-state index in [2.05, 4.69) is 34.2 Å². The Labute approximate surface area is 84.0 Å². The van der Waals surface area contributed by atoms with Gasteiger partial charge < -0.3 is 10.6 Å². The minimum absolute atomic E-state index is 0.524. The smallest absolute Gasteiger partial charge is 0.0650 e. The average molecular weight is 189 g/mol. The third-order valence-corrected chi connectivity index (χ3v) is 3.18. The third-order valence-electron chi connectivity index (χ3n) is 3.18. The number of hydrogen-bond donors (Lipinski definition) is 3. The van der Waals surface area contributed by atoms with E-state index in [1.807, 2.05) is 6.20 Å². The van der Waals surface area contributed by atoms with E-state index in [0.717, 1.165) is 13.2 Å². The van der Waals surface area contributed by atoms with E-state index in [1.54, 1.807) is 0 Å². The van der Waals surface area contributed by atoms with Crippen LogP contribution in [0.15, 0.2) is 35.7 Å². The van der Waals surface area contributed by atoms with Gasteiger partial charge in [0.15, 0.2) is 0 Å². The summed E-state index contributed by atoms with van der Waals surface area (Å²) in [7, 11) is 0. The zero-order chi connectivity index (χ0) is 9.38. The van der Waals surface area contributed by atoms with Crippen molar-refractivity contribution in [2.75, 3.05) is 13.2 Å². The zero-order valence-electron chi connectivity index (χ0n) is 8.09. The Hall–Kier alpha value is -1.22. The third kappa shape index (κ3) is 1.24. The maximum absolute atomic E-state index is 3.41. The predicted octanol–water partition coefficient (Wildman–Crippen LogP) is 0.452. The van der Waals surface area contributed by atoms with Gasteiger partial charge in [-0.05, 0) is 30.3 Å². The molecule has 0 spiro atoms. The predicted molar refractivity (Wildman–Crippen MR) is 56.3 cm³/mol. The molecule has 1 aliphatic carbocycles. The lowest BCUT2D eigenvalue weighted by molar-refractivity contribution is 0.375. The van der Waals surface area contributed by atoms with Crippen LogP contribution in [0.2, 0.25) is 0 Å². The fraction of sp³-hybridized carbons (Fsp3) is 0.455. The van der Waals surface area contributed by atoms with Crippen molar-refractivity contribution in [2.24, 2.45) is 5.92 Å². The molecule has 3 heteroatoms. The first-order valence-electron chi connectivity index (χ1n) is 5.22. The summed E-state index contributed by atoms with van der Waals surface area (Å²) < 4.78 is 0. The summed E-state index contributed by atoms with van der Waals surface area (Å²) in [5.74, 6) is 0.657. The maximum Gasteiger partial charge on any atom is 0.0650 e. The van der Waals surface area contributed by atoms with Crippen molar-refractivity contribution in [3.63, 3.8) is 0 Å². The van der Waals surface area contributed by atoms with Gasteiger partial charge in [0.05, 0.1) is 12.7 Å². The molecule has 74 valence electrons. The summed E-state index contributed by atoms with van der Waals surface area (Å²) in [5, 5.41) is 10.2. The highest BCUT2D eigenvalue weighted by Gasteiger charge is 2.28. The normalized spacial score (nSPS) is 34.3. The highest BCUT2D eigenvalue weighted by atomic mass is 15.1. The molecule has 0 saturated carbocycles. The molecule has 2 atom stereocenters. The first kappa shape index (κ1) is 8.12. The van der Waals surface area contributed by atoms with Gasteiger partial charge in [-0.1, -0.05) is 6.08 Å². The van der Waals surface area contributed by atoms with Gasteiger partial charge in [-0.3, -0.25) is 5.32 Å². The number of fused-ring (bicyclic) bond motifs is 2. The summed E-state index contributed by atoms with van der Waals surface area (Å²) in [6.07, 6.45) is 9.81. The molecule has 0 amide bonds. The molecular formula is C11H15N3. The summed E-state index contributed by atoms with van der Waals surface area (Å²) in [6.45, 7) is 2.01. The molecule has 3 rings (SSSR count). The fourth-order valence-corrected chi connectivity index (χ4v) is 2.40. The van der Waals surface area contributed by atoms with E-state index in [-0.39, 0.29) is 0 Å². The monoisotopic (exact) mass is 189 g/mol. The van der Waals surface area contributed by atoms with Crippen LogP contribution in [0.4, 0.5) is 0 Å². The molecule has 0 aromatic rings. The number of rotatable bonds is 0. The van der Waals surface area contributed by atoms with Gasteiger partial charge in [-0.15, -0.1) is 0 Å². The number of nitrogens with one attached hydrogen (secondary N) is 3. The molecule has 2 unspecified atom stereocenters. The Morgan fingerprint density at radius 3 is 3.36 bits per heavy atom. The van der Waals surface area contributed by atoms with Crippen LogP contribution in [0.1, 0.15) is 6.42 Å². The summed E-state index contributed by atoms with van der Waals surface area (Å²) >= 11 is 0. The van der Waals surface area contributed by atoms with Crippen LogP contribution in [0.3, 0.4) is 0 Å². The lowest BCUT2D eigenvalue weighted by atomic mass is 9.83. The second-order valence-corrected chi connectivity index (χ2v) is 4.09. The van der Waals surface area contributed by atoms with Crippen LogP contribution in [-0.2, 0) is 0 Å². The molecular weight excluding hydrogens is 174 g/mol. The van der Waals surface area contributed by atoms with Gasteiger partial charge >= 0.3 is 0 Å². The molecule has 3 aliphatic rings. The molecule has 0 aromatic carbocycles. The van der Waals surface area contributed by atoms with Crippen molar-refractivity contribution < 1.29 is 0 Å². The van der Waals surface area contributed by atoms with Crippen LogP contribution < -0.4 is 16.0 Å². The quantitative estimate of drug-likeness (QED) is 0.518. The Morgan fingerprint density at radius 1 is 1.36 bits per heavy atom. The van der Waals surface area contributed by atoms with Crippen molar-refractivity contribution >= 4 is 0 Å². The average Bonchev–Trinajstić information content (AvgIpc) is 2.26. The molecule has 3 nitrogen and oxygen atoms in total. The summed E-state index contributed by atoms with van der Waals surface area (Å²) in [5.41, 5.74) is 2.82. The van der Waals surface area contributed by atoms with E-state index in [9.17, 15) is 0 Å². The molecule has 0 aromatic heterocycles. The van der Waals surface area contributed by atoms with Crippen LogP contribution >= 0.6 is 0 Å². The van der Waals surface area contributed by atoms with Crippen LogP contribution in [0.5, 0.6) is 0 Å². The van der Waals surface area contributed by atoms with Crippen LogP contribution in [-0.4, -0.2) is 19.3 Å². The van der Waals surface area contributed by atoms with E-state index < -0.39 is 0 Å². The van der Waals surface area contributed by atoms with Crippen LogP contribution in [0, 0.1) is 5.92 Å². The second-order valence-electron chi connectivity index (χ2n) is 4.09. The van der Waals surface area contributed by atoms with Gasteiger partial charge in [0.1, 0.15) is 0 Å². The van der Waals surface area contributed by atoms with E-state index >= 15 is 0 Å². The molecule has 1 saturated heterocycles. The maximum atomic E-state index is 3.41. The SMILES string of the molecule is C1=CNC2CC3CNCNC3=CC2=C1. The molecule has 1 fully saturated rings. The van der Waals surface area contributed by atoms with Gasteiger partial charge in [0.25, 0.3) is 0 Å². The van der Waals surface area contributed by atoms with Crippen molar-refractivity contribution in [1.29, 1.82) is 0 Å². The second kappa shape index (κ2) is 3.17. The Morgan fingerprint density at radius 2 is 2.36 bits per heavy atom. The first-order valence-corrected chi connectivity index (χ1v) is 5.22. The van der Waals surface area contributed by atoms with E-state index in [1.165, 1.54) is 17.7 Å². The Bertz CT molecular complexity index is 327. The molecule has 0 bridgehead atoms. The van der Waals surface area contributed by atoms with Crippen LogP contribution in [0.25, 0.3) is 0 Å². The highest BCUT2D eigenvalue weighted by molar-refractivity contribution is 5.38. The van der Waals surface area contributed by atoms with Gasteiger partial charge in [0.2, 0.25) is 0 Å². The molecule has 3 N–H and O–H groups in total. The first-order chi connectivity index (χ1) is 6.93. The molecule has 2 aliphatic heterocycles. The topological polar surface area (TPSA) is 36.1 Å². The Balaban J connectivity index is 1.92. The van der Waals surface area contributed by atoms with E-state index in [4.69, 9.17) is 0 Å². The van der Waals surface area contributed by atoms with Crippen molar-refractivity contribution in [1.82, 2.24) is 16.0 Å². The molecule has 0 radical (unpaired) electrons. The standard InChI is InChI=1S/C11H15N3/c1-2-8-4-11-9(6-12-7-14-11)5-10(8)13-3-1/h1-4,9-10,12-14H,5-7H2. The zero-order valence-corrected chi connectivity index (χ0v) is 8.09. The minimum Gasteiger partial charge on any atom is -0.384 e. The highest BCUT2D eigenvalue weighted by Crippen LogP contribution is 2.28. The van der Waals surface area contributed by atoms with Crippen molar-refractivity contribution in [3.05, 3.63) is 35.7 Å². The van der Waals surface area contributed by atoms with Crippen molar-refractivity contribution in [3.8, 4) is 0 Å². The van der Waals surface area contributed by atoms with Gasteiger partial charge in [-0.25, -0.2) is 0 Å². The van der Waals surface area contributed by atoms with Gasteiger partial charge in [-0.2, -0.15) is 0 Å². The molecule has 14 heavy (non-hydrogen) atoms. The fourth-order valence-electron chi connectivity index (χ4n) is 2.40.